The largest absolute Gasteiger partial charge is 0.790 e. The van der Waals surface area contributed by atoms with Crippen LogP contribution in [0, 0.1) is 11.3 Å². The van der Waals surface area contributed by atoms with Crippen LogP contribution in [0.1, 0.15) is 43.9 Å². The molecule has 3 rings (SSSR count). The zero-order chi connectivity index (χ0) is 19.8. The molecule has 0 radical (unpaired) electrons. The number of hydrogen-bond acceptors (Lipinski definition) is 8. The van der Waals surface area contributed by atoms with Gasteiger partial charge in [-0.15, -0.1) is 0 Å². The van der Waals surface area contributed by atoms with Crippen molar-refractivity contribution in [3.05, 3.63) is 29.3 Å². The molecule has 9 nitrogen and oxygen atoms in total. The summed E-state index contributed by atoms with van der Waals surface area (Å²) in [5.74, 6) is 0.446. The first-order chi connectivity index (χ1) is 12.6. The number of carbonyl (C=O) groups is 1. The Bertz CT molecular complexity index is 829. The Balaban J connectivity index is 2.01. The van der Waals surface area contributed by atoms with Gasteiger partial charge in [-0.25, -0.2) is 0 Å². The molecule has 1 aromatic rings. The number of nitriles is 1. The third-order valence-corrected chi connectivity index (χ3v) is 5.13. The zero-order valence-electron chi connectivity index (χ0n) is 14.9. The number of phosphoric acid groups is 1. The van der Waals surface area contributed by atoms with Crippen LogP contribution in [0.2, 0.25) is 0 Å². The number of likely N-dealkylation sites (tertiary alicyclic amines) is 1. The van der Waals surface area contributed by atoms with Gasteiger partial charge in [-0.05, 0) is 38.5 Å². The predicted molar refractivity (Wildman–Crippen MR) is 88.0 cm³/mol. The second-order valence-corrected chi connectivity index (χ2v) is 8.14. The molecule has 0 N–H and O–H groups in total. The Labute approximate surface area is 156 Å². The van der Waals surface area contributed by atoms with E-state index in [1.165, 1.54) is 0 Å². The lowest BCUT2D eigenvalue weighted by Crippen LogP contribution is -2.55. The highest BCUT2D eigenvalue weighted by atomic mass is 31.2. The monoisotopic (exact) mass is 394 g/mol. The average Bonchev–Trinajstić information content (AvgIpc) is 2.99. The van der Waals surface area contributed by atoms with Crippen molar-refractivity contribution in [2.75, 3.05) is 13.3 Å². The molecule has 0 unspecified atom stereocenters. The molecule has 0 aromatic heterocycles. The molecular weight excluding hydrogens is 375 g/mol. The summed E-state index contributed by atoms with van der Waals surface area (Å²) < 4.78 is 26.5. The molecule has 2 heterocycles. The lowest BCUT2D eigenvalue weighted by Gasteiger charge is -2.47. The fraction of sp³-hybridized carbons (Fsp3) is 0.529. The van der Waals surface area contributed by atoms with Gasteiger partial charge in [0.1, 0.15) is 17.5 Å². The van der Waals surface area contributed by atoms with Crippen molar-refractivity contribution in [2.24, 2.45) is 0 Å². The number of hydrogen-bond donors (Lipinski definition) is 0. The molecule has 146 valence electrons. The first kappa shape index (κ1) is 19.8. The fourth-order valence-electron chi connectivity index (χ4n) is 3.58. The summed E-state index contributed by atoms with van der Waals surface area (Å²) in [6.45, 7) is 3.19. The van der Waals surface area contributed by atoms with Crippen LogP contribution in [0.3, 0.4) is 0 Å². The Morgan fingerprint density at radius 1 is 1.44 bits per heavy atom. The molecule has 2 aliphatic rings. The molecule has 2 aliphatic heterocycles. The van der Waals surface area contributed by atoms with Gasteiger partial charge in [0.15, 0.2) is 6.79 Å². The molecule has 1 fully saturated rings. The molecular formula is C17H19N2O7P-2. The fourth-order valence-corrected chi connectivity index (χ4v) is 3.77. The Hall–Kier alpha value is -1.95. The van der Waals surface area contributed by atoms with E-state index in [9.17, 15) is 24.4 Å². The highest BCUT2D eigenvalue weighted by Gasteiger charge is 2.49. The summed E-state index contributed by atoms with van der Waals surface area (Å²) in [5.41, 5.74) is 0.0433. The molecule has 1 amide bonds. The van der Waals surface area contributed by atoms with E-state index in [0.717, 1.165) is 0 Å². The minimum atomic E-state index is -5.20. The second kappa shape index (κ2) is 7.23. The van der Waals surface area contributed by atoms with Crippen LogP contribution in [-0.4, -0.2) is 35.8 Å². The summed E-state index contributed by atoms with van der Waals surface area (Å²) in [5, 5.41) is 9.22. The van der Waals surface area contributed by atoms with Crippen LogP contribution in [0.15, 0.2) is 18.2 Å². The molecule has 0 aliphatic carbocycles. The molecule has 0 spiro atoms. The van der Waals surface area contributed by atoms with E-state index in [1.54, 1.807) is 36.9 Å². The van der Waals surface area contributed by atoms with Gasteiger partial charge in [-0.2, -0.15) is 5.26 Å². The molecule has 0 bridgehead atoms. The van der Waals surface area contributed by atoms with Crippen molar-refractivity contribution < 1.29 is 33.1 Å². The van der Waals surface area contributed by atoms with Crippen LogP contribution in [0.5, 0.6) is 5.75 Å². The minimum Gasteiger partial charge on any atom is -0.790 e. The van der Waals surface area contributed by atoms with Gasteiger partial charge in [-0.1, -0.05) is 0 Å². The van der Waals surface area contributed by atoms with Gasteiger partial charge in [0, 0.05) is 18.5 Å². The topological polar surface area (TPSA) is 135 Å². The van der Waals surface area contributed by atoms with Crippen molar-refractivity contribution in [3.63, 3.8) is 0 Å². The lowest BCUT2D eigenvalue weighted by atomic mass is 9.85. The molecule has 10 heteroatoms. The third-order valence-electron chi connectivity index (χ3n) is 4.71. The smallest absolute Gasteiger partial charge is 0.223 e. The van der Waals surface area contributed by atoms with Gasteiger partial charge in [0.2, 0.25) is 5.91 Å². The number of amides is 1. The number of ether oxygens (including phenoxy) is 2. The Morgan fingerprint density at radius 3 is 2.78 bits per heavy atom. The maximum absolute atomic E-state index is 12.4. The number of carbonyl (C=O) groups excluding carboxylic acids is 1. The van der Waals surface area contributed by atoms with Gasteiger partial charge < -0.3 is 33.2 Å². The Kier molecular flexibility index (Phi) is 5.30. The number of phosphoric ester groups is 1. The normalized spacial score (nSPS) is 24.3. The van der Waals surface area contributed by atoms with E-state index in [2.05, 4.69) is 10.6 Å². The number of rotatable bonds is 5. The van der Waals surface area contributed by atoms with Gasteiger partial charge >= 0.3 is 0 Å². The summed E-state index contributed by atoms with van der Waals surface area (Å²) in [4.78, 5) is 35.5. The molecule has 27 heavy (non-hydrogen) atoms. The zero-order valence-corrected chi connectivity index (χ0v) is 15.8. The highest BCUT2D eigenvalue weighted by molar-refractivity contribution is 7.43. The van der Waals surface area contributed by atoms with E-state index in [4.69, 9.17) is 9.47 Å². The van der Waals surface area contributed by atoms with Gasteiger partial charge in [-0.3, -0.25) is 4.79 Å². The first-order valence-electron chi connectivity index (χ1n) is 8.43. The molecule has 0 saturated carbocycles. The summed E-state index contributed by atoms with van der Waals surface area (Å²) in [6.07, 6.45) is 0.265. The van der Waals surface area contributed by atoms with Crippen molar-refractivity contribution in [1.82, 2.24) is 4.90 Å². The molecule has 2 atom stereocenters. The van der Waals surface area contributed by atoms with Crippen molar-refractivity contribution in [1.29, 1.82) is 5.26 Å². The maximum Gasteiger partial charge on any atom is 0.223 e. The quantitative estimate of drug-likeness (QED) is 0.523. The van der Waals surface area contributed by atoms with Gasteiger partial charge in [0.25, 0.3) is 0 Å². The Morgan fingerprint density at radius 2 is 2.19 bits per heavy atom. The van der Waals surface area contributed by atoms with Crippen LogP contribution >= 0.6 is 7.82 Å². The molecule has 1 saturated heterocycles. The van der Waals surface area contributed by atoms with E-state index < -0.39 is 32.4 Å². The second-order valence-electron chi connectivity index (χ2n) is 6.99. The van der Waals surface area contributed by atoms with Crippen molar-refractivity contribution in [2.45, 2.75) is 44.4 Å². The van der Waals surface area contributed by atoms with E-state index in [0.29, 0.717) is 36.3 Å². The summed E-state index contributed by atoms with van der Waals surface area (Å²) >= 11 is 0. The molecule has 1 aromatic carbocycles. The summed E-state index contributed by atoms with van der Waals surface area (Å²) in [7, 11) is -5.20. The predicted octanol–water partition coefficient (Wildman–Crippen LogP) is 0.581. The highest BCUT2D eigenvalue weighted by Crippen LogP contribution is 2.46. The third kappa shape index (κ3) is 4.15. The van der Waals surface area contributed by atoms with Crippen LogP contribution in [0.25, 0.3) is 0 Å². The van der Waals surface area contributed by atoms with Crippen LogP contribution in [-0.2, 0) is 18.6 Å². The number of benzene rings is 1. The van der Waals surface area contributed by atoms with Crippen LogP contribution < -0.4 is 14.5 Å². The first-order valence-corrected chi connectivity index (χ1v) is 9.89. The van der Waals surface area contributed by atoms with Crippen molar-refractivity contribution >= 4 is 13.7 Å². The van der Waals surface area contributed by atoms with Gasteiger partial charge in [0.05, 0.1) is 25.5 Å². The van der Waals surface area contributed by atoms with Crippen LogP contribution in [0.4, 0.5) is 0 Å². The van der Waals surface area contributed by atoms with E-state index in [-0.39, 0.29) is 5.91 Å². The average molecular weight is 394 g/mol. The standard InChI is InChI=1S/C17H21N2O7P/c1-17(2)16(24-10-25-27(21,22)23)15(19-7-3-4-14(19)20)12-8-11(9-18)5-6-13(12)26-17/h5-6,8,15-16H,3-4,7,10H2,1-2H3,(H2,21,22,23)/p-2/t15-,16-/m0/s1. The number of fused-ring (bicyclic) bond motifs is 1. The maximum atomic E-state index is 12.4. The summed E-state index contributed by atoms with van der Waals surface area (Å²) in [6, 6.07) is 6.36. The van der Waals surface area contributed by atoms with E-state index in [1.807, 2.05) is 0 Å². The number of nitrogens with zero attached hydrogens (tertiary/aromatic N) is 2. The lowest BCUT2D eigenvalue weighted by molar-refractivity contribution is -0.348. The SMILES string of the molecule is CC1(C)Oc2ccc(C#N)cc2[C@H](N2CCCC2=O)[C@@H]1OCOP(=O)([O-])[O-]. The minimum absolute atomic E-state index is 0.0705. The van der Waals surface area contributed by atoms with E-state index >= 15 is 0 Å². The van der Waals surface area contributed by atoms with Crippen molar-refractivity contribution in [3.8, 4) is 11.8 Å².